The van der Waals surface area contributed by atoms with Crippen molar-refractivity contribution in [1.29, 1.82) is 0 Å². The first-order chi connectivity index (χ1) is 8.19. The van der Waals surface area contributed by atoms with Crippen LogP contribution in [-0.4, -0.2) is 18.2 Å². The molecule has 0 saturated heterocycles. The molecular formula is C12H15F2NO3. The number of anilines is 1. The summed E-state index contributed by atoms with van der Waals surface area (Å²) < 4.78 is 36.1. The van der Waals surface area contributed by atoms with Crippen LogP contribution in [0.5, 0.6) is 5.75 Å². The van der Waals surface area contributed by atoms with Gasteiger partial charge in [0.1, 0.15) is 11.4 Å². The molecule has 0 radical (unpaired) electrons. The van der Waals surface area contributed by atoms with E-state index in [1.54, 1.807) is 20.8 Å². The topological polar surface area (TPSA) is 61.5 Å². The Bertz CT molecular complexity index is 455. The molecular weight excluding hydrogens is 244 g/mol. The fourth-order valence-corrected chi connectivity index (χ4v) is 1.16. The van der Waals surface area contributed by atoms with Gasteiger partial charge in [-0.25, -0.2) is 13.6 Å². The highest BCUT2D eigenvalue weighted by Crippen LogP contribution is 2.23. The van der Waals surface area contributed by atoms with E-state index in [-0.39, 0.29) is 11.4 Å². The summed E-state index contributed by atoms with van der Waals surface area (Å²) in [7, 11) is 0. The molecule has 0 fully saturated rings. The first kappa shape index (κ1) is 14.2. The Morgan fingerprint density at radius 2 is 1.89 bits per heavy atom. The number of benzene rings is 1. The van der Waals surface area contributed by atoms with Gasteiger partial charge in [0.25, 0.3) is 0 Å². The average Bonchev–Trinajstić information content (AvgIpc) is 2.19. The van der Waals surface area contributed by atoms with Crippen molar-refractivity contribution in [1.82, 2.24) is 0 Å². The Kier molecular flexibility index (Phi) is 4.11. The van der Waals surface area contributed by atoms with Gasteiger partial charge in [-0.2, -0.15) is 0 Å². The van der Waals surface area contributed by atoms with Crippen molar-refractivity contribution >= 4 is 11.7 Å². The van der Waals surface area contributed by atoms with Crippen LogP contribution in [-0.2, 0) is 9.53 Å². The third kappa shape index (κ3) is 4.20. The number of hydrogen-bond acceptors (Lipinski definition) is 4. The number of halogens is 2. The summed E-state index contributed by atoms with van der Waals surface area (Å²) in [4.78, 5) is 11.3. The zero-order chi connectivity index (χ0) is 13.9. The molecule has 6 heteroatoms. The number of ether oxygens (including phenoxy) is 2. The molecule has 100 valence electrons. The molecule has 0 bridgehead atoms. The summed E-state index contributed by atoms with van der Waals surface area (Å²) >= 11 is 0. The highest BCUT2D eigenvalue weighted by Gasteiger charge is 2.17. The van der Waals surface area contributed by atoms with E-state index in [1.807, 2.05) is 0 Å². The highest BCUT2D eigenvalue weighted by atomic mass is 19.1. The van der Waals surface area contributed by atoms with Gasteiger partial charge in [0, 0.05) is 12.1 Å². The zero-order valence-electron chi connectivity index (χ0n) is 10.4. The molecule has 1 rings (SSSR count). The number of esters is 1. The van der Waals surface area contributed by atoms with Crippen LogP contribution in [0, 0.1) is 11.6 Å². The Balaban J connectivity index is 2.64. The number of nitrogen functional groups attached to an aromatic ring is 1. The average molecular weight is 259 g/mol. The third-order valence-electron chi connectivity index (χ3n) is 1.82. The maximum absolute atomic E-state index is 13.3. The van der Waals surface area contributed by atoms with E-state index in [0.717, 1.165) is 12.1 Å². The molecule has 1 aromatic rings. The summed E-state index contributed by atoms with van der Waals surface area (Å²) in [5.74, 6) is -2.69. The maximum atomic E-state index is 13.3. The summed E-state index contributed by atoms with van der Waals surface area (Å²) in [6, 6.07) is 1.58. The Morgan fingerprint density at radius 3 is 2.44 bits per heavy atom. The largest absolute Gasteiger partial charge is 0.479 e. The van der Waals surface area contributed by atoms with Crippen molar-refractivity contribution in [2.75, 3.05) is 12.3 Å². The fraction of sp³-hybridized carbons (Fsp3) is 0.417. The molecule has 0 aromatic heterocycles. The van der Waals surface area contributed by atoms with Crippen LogP contribution in [0.15, 0.2) is 12.1 Å². The predicted molar refractivity (Wildman–Crippen MR) is 62.1 cm³/mol. The molecule has 0 spiro atoms. The SMILES string of the molecule is CC(C)(C)OC(=O)COc1cc(F)c(N)cc1F. The standard InChI is InChI=1S/C12H15F2NO3/c1-12(2,3)18-11(16)6-17-10-5-7(13)9(15)4-8(10)14/h4-5H,6,15H2,1-3H3. The molecule has 0 atom stereocenters. The molecule has 2 N–H and O–H groups in total. The van der Waals surface area contributed by atoms with Crippen molar-refractivity contribution in [3.8, 4) is 5.75 Å². The number of hydrogen-bond donors (Lipinski definition) is 1. The lowest BCUT2D eigenvalue weighted by atomic mass is 10.2. The first-order valence-electron chi connectivity index (χ1n) is 5.28. The van der Waals surface area contributed by atoms with Gasteiger partial charge < -0.3 is 15.2 Å². The van der Waals surface area contributed by atoms with Crippen molar-refractivity contribution < 1.29 is 23.0 Å². The van der Waals surface area contributed by atoms with Crippen LogP contribution in [0.2, 0.25) is 0 Å². The van der Waals surface area contributed by atoms with Gasteiger partial charge in [-0.05, 0) is 20.8 Å². The van der Waals surface area contributed by atoms with Gasteiger partial charge in [0.05, 0.1) is 5.69 Å². The molecule has 0 amide bonds. The van der Waals surface area contributed by atoms with E-state index < -0.39 is 29.8 Å². The second-order valence-corrected chi connectivity index (χ2v) is 4.68. The van der Waals surface area contributed by atoms with Gasteiger partial charge >= 0.3 is 5.97 Å². The Labute approximate surface area is 104 Å². The molecule has 0 aliphatic carbocycles. The quantitative estimate of drug-likeness (QED) is 0.668. The van der Waals surface area contributed by atoms with Crippen LogP contribution >= 0.6 is 0 Å². The van der Waals surface area contributed by atoms with Gasteiger partial charge in [-0.1, -0.05) is 0 Å². The summed E-state index contributed by atoms with van der Waals surface area (Å²) in [5.41, 5.74) is 4.18. The van der Waals surface area contributed by atoms with Crippen molar-refractivity contribution in [3.05, 3.63) is 23.8 Å². The zero-order valence-corrected chi connectivity index (χ0v) is 10.4. The van der Waals surface area contributed by atoms with E-state index in [9.17, 15) is 13.6 Å². The Hall–Kier alpha value is -1.85. The highest BCUT2D eigenvalue weighted by molar-refractivity contribution is 5.71. The smallest absolute Gasteiger partial charge is 0.344 e. The van der Waals surface area contributed by atoms with Gasteiger partial charge in [-0.3, -0.25) is 0 Å². The second-order valence-electron chi connectivity index (χ2n) is 4.68. The minimum absolute atomic E-state index is 0.322. The lowest BCUT2D eigenvalue weighted by molar-refractivity contribution is -0.157. The number of rotatable bonds is 3. The van der Waals surface area contributed by atoms with Crippen LogP contribution < -0.4 is 10.5 Å². The Morgan fingerprint density at radius 1 is 1.28 bits per heavy atom. The van der Waals surface area contributed by atoms with Crippen LogP contribution in [0.3, 0.4) is 0 Å². The first-order valence-corrected chi connectivity index (χ1v) is 5.28. The normalized spacial score (nSPS) is 11.2. The van der Waals surface area contributed by atoms with E-state index in [2.05, 4.69) is 0 Å². The van der Waals surface area contributed by atoms with Gasteiger partial charge in [0.15, 0.2) is 18.2 Å². The van der Waals surface area contributed by atoms with Gasteiger partial charge in [0.2, 0.25) is 0 Å². The van der Waals surface area contributed by atoms with Crippen LogP contribution in [0.4, 0.5) is 14.5 Å². The second kappa shape index (κ2) is 5.20. The fourth-order valence-electron chi connectivity index (χ4n) is 1.16. The van der Waals surface area contributed by atoms with E-state index in [0.29, 0.717) is 0 Å². The number of carbonyl (C=O) groups is 1. The van der Waals surface area contributed by atoms with Crippen molar-refractivity contribution in [3.63, 3.8) is 0 Å². The summed E-state index contributed by atoms with van der Waals surface area (Å²) in [5, 5.41) is 0. The van der Waals surface area contributed by atoms with E-state index >= 15 is 0 Å². The summed E-state index contributed by atoms with van der Waals surface area (Å²) in [6.07, 6.45) is 0. The molecule has 0 unspecified atom stereocenters. The monoisotopic (exact) mass is 259 g/mol. The van der Waals surface area contributed by atoms with Crippen LogP contribution in [0.25, 0.3) is 0 Å². The minimum atomic E-state index is -0.836. The molecule has 0 aliphatic heterocycles. The van der Waals surface area contributed by atoms with Crippen LogP contribution in [0.1, 0.15) is 20.8 Å². The number of carbonyl (C=O) groups excluding carboxylic acids is 1. The lowest BCUT2D eigenvalue weighted by Crippen LogP contribution is -2.27. The van der Waals surface area contributed by atoms with Crippen molar-refractivity contribution in [2.45, 2.75) is 26.4 Å². The molecule has 1 aromatic carbocycles. The molecule has 4 nitrogen and oxygen atoms in total. The van der Waals surface area contributed by atoms with E-state index in [4.69, 9.17) is 15.2 Å². The maximum Gasteiger partial charge on any atom is 0.344 e. The van der Waals surface area contributed by atoms with Crippen molar-refractivity contribution in [2.24, 2.45) is 0 Å². The molecule has 18 heavy (non-hydrogen) atoms. The summed E-state index contributed by atoms with van der Waals surface area (Å²) in [6.45, 7) is 4.56. The number of nitrogens with two attached hydrogens (primary N) is 1. The lowest BCUT2D eigenvalue weighted by Gasteiger charge is -2.19. The van der Waals surface area contributed by atoms with E-state index in [1.165, 1.54) is 0 Å². The molecule has 0 saturated carbocycles. The molecule has 0 aliphatic rings. The van der Waals surface area contributed by atoms with Gasteiger partial charge in [-0.15, -0.1) is 0 Å². The molecule has 0 heterocycles. The predicted octanol–water partition coefficient (Wildman–Crippen LogP) is 2.27. The third-order valence-corrected chi connectivity index (χ3v) is 1.82. The minimum Gasteiger partial charge on any atom is -0.479 e.